The summed E-state index contributed by atoms with van der Waals surface area (Å²) in [5.74, 6) is -2.77. The molecule has 1 aromatic heterocycles. The van der Waals surface area contributed by atoms with E-state index in [9.17, 15) is 13.2 Å². The van der Waals surface area contributed by atoms with E-state index >= 15 is 0 Å². The lowest BCUT2D eigenvalue weighted by Gasteiger charge is -2.08. The number of benzene rings is 1. The van der Waals surface area contributed by atoms with E-state index in [1.165, 1.54) is 11.3 Å². The van der Waals surface area contributed by atoms with Crippen molar-refractivity contribution in [2.45, 2.75) is 13.3 Å². The Balaban J connectivity index is 2.01. The molecule has 0 aliphatic carbocycles. The van der Waals surface area contributed by atoms with Crippen molar-refractivity contribution in [3.8, 4) is 0 Å². The van der Waals surface area contributed by atoms with Gasteiger partial charge in [0.1, 0.15) is 11.5 Å². The van der Waals surface area contributed by atoms with Gasteiger partial charge in [0.25, 0.3) is 0 Å². The van der Waals surface area contributed by atoms with Gasteiger partial charge in [0.05, 0.1) is 11.2 Å². The highest BCUT2D eigenvalue weighted by molar-refractivity contribution is 7.09. The molecule has 0 bridgehead atoms. The van der Waals surface area contributed by atoms with Crippen molar-refractivity contribution >= 4 is 17.0 Å². The van der Waals surface area contributed by atoms with Crippen LogP contribution in [0.1, 0.15) is 10.6 Å². The van der Waals surface area contributed by atoms with Crippen LogP contribution >= 0.6 is 11.3 Å². The molecule has 2 nitrogen and oxygen atoms in total. The number of anilines is 1. The molecule has 0 saturated carbocycles. The van der Waals surface area contributed by atoms with Gasteiger partial charge in [-0.15, -0.1) is 11.3 Å². The average molecular weight is 272 g/mol. The monoisotopic (exact) mass is 272 g/mol. The second kappa shape index (κ2) is 5.39. The fourth-order valence-corrected chi connectivity index (χ4v) is 2.36. The van der Waals surface area contributed by atoms with Crippen LogP contribution in [-0.4, -0.2) is 11.5 Å². The summed E-state index contributed by atoms with van der Waals surface area (Å²) in [6, 6.07) is 1.31. The third-order valence-corrected chi connectivity index (χ3v) is 3.50. The third kappa shape index (κ3) is 2.81. The van der Waals surface area contributed by atoms with Gasteiger partial charge in [-0.05, 0) is 6.92 Å². The summed E-state index contributed by atoms with van der Waals surface area (Å²) in [6.45, 7) is 2.24. The highest BCUT2D eigenvalue weighted by atomic mass is 32.1. The zero-order valence-electron chi connectivity index (χ0n) is 9.64. The van der Waals surface area contributed by atoms with E-state index in [1.54, 1.807) is 5.51 Å². The molecule has 0 radical (unpaired) electrons. The predicted octanol–water partition coefficient (Wildman–Crippen LogP) is 3.52. The highest BCUT2D eigenvalue weighted by Crippen LogP contribution is 2.20. The first-order chi connectivity index (χ1) is 8.58. The molecular formula is C12H11F3N2S. The van der Waals surface area contributed by atoms with Crippen LogP contribution in [0.3, 0.4) is 0 Å². The van der Waals surface area contributed by atoms with Gasteiger partial charge in [-0.3, -0.25) is 0 Å². The second-order valence-electron chi connectivity index (χ2n) is 3.78. The molecule has 0 spiro atoms. The number of hydrogen-bond acceptors (Lipinski definition) is 3. The number of nitrogens with zero attached hydrogens (tertiary/aromatic N) is 1. The molecule has 0 aliphatic heterocycles. The standard InChI is InChI=1S/C12H11F3N2S/c1-7-11(18-6-17-7)2-3-16-12-9(14)4-8(13)5-10(12)15/h4-6,16H,2-3H2,1H3. The van der Waals surface area contributed by atoms with Gasteiger partial charge in [0, 0.05) is 30.0 Å². The molecule has 96 valence electrons. The van der Waals surface area contributed by atoms with Crippen LogP contribution in [0.2, 0.25) is 0 Å². The zero-order valence-corrected chi connectivity index (χ0v) is 10.5. The van der Waals surface area contributed by atoms with Crippen molar-refractivity contribution in [1.29, 1.82) is 0 Å². The van der Waals surface area contributed by atoms with Gasteiger partial charge in [-0.25, -0.2) is 18.2 Å². The van der Waals surface area contributed by atoms with E-state index in [2.05, 4.69) is 10.3 Å². The van der Waals surface area contributed by atoms with Crippen LogP contribution in [0.25, 0.3) is 0 Å². The van der Waals surface area contributed by atoms with Crippen LogP contribution < -0.4 is 5.32 Å². The van der Waals surface area contributed by atoms with Crippen molar-refractivity contribution in [3.63, 3.8) is 0 Å². The van der Waals surface area contributed by atoms with Gasteiger partial charge in [-0.1, -0.05) is 0 Å². The number of aryl methyl sites for hydroxylation is 1. The Bertz CT molecular complexity index is 531. The summed E-state index contributed by atoms with van der Waals surface area (Å²) < 4.78 is 39.3. The molecule has 1 N–H and O–H groups in total. The summed E-state index contributed by atoms with van der Waals surface area (Å²) in [4.78, 5) is 5.14. The fraction of sp³-hybridized carbons (Fsp3) is 0.250. The minimum Gasteiger partial charge on any atom is -0.380 e. The normalized spacial score (nSPS) is 10.7. The molecule has 0 fully saturated rings. The van der Waals surface area contributed by atoms with Gasteiger partial charge in [0.2, 0.25) is 0 Å². The topological polar surface area (TPSA) is 24.9 Å². The molecule has 6 heteroatoms. The van der Waals surface area contributed by atoms with E-state index in [0.29, 0.717) is 25.1 Å². The molecule has 0 saturated heterocycles. The number of hydrogen-bond donors (Lipinski definition) is 1. The summed E-state index contributed by atoms with van der Waals surface area (Å²) in [5.41, 5.74) is 2.35. The lowest BCUT2D eigenvalue weighted by Crippen LogP contribution is -2.08. The van der Waals surface area contributed by atoms with Crippen LogP contribution in [0.15, 0.2) is 17.6 Å². The molecule has 0 atom stereocenters. The lowest BCUT2D eigenvalue weighted by molar-refractivity contribution is 0.547. The van der Waals surface area contributed by atoms with Crippen molar-refractivity contribution in [3.05, 3.63) is 45.7 Å². The smallest absolute Gasteiger partial charge is 0.152 e. The third-order valence-electron chi connectivity index (χ3n) is 2.51. The van der Waals surface area contributed by atoms with Crippen molar-refractivity contribution in [1.82, 2.24) is 4.98 Å². The molecule has 1 heterocycles. The molecular weight excluding hydrogens is 261 g/mol. The Morgan fingerprint density at radius 3 is 2.44 bits per heavy atom. The predicted molar refractivity (Wildman–Crippen MR) is 65.4 cm³/mol. The van der Waals surface area contributed by atoms with E-state index in [0.717, 1.165) is 10.6 Å². The number of nitrogens with one attached hydrogen (secondary N) is 1. The number of aromatic nitrogens is 1. The van der Waals surface area contributed by atoms with Crippen LogP contribution in [0.5, 0.6) is 0 Å². The van der Waals surface area contributed by atoms with Crippen molar-refractivity contribution < 1.29 is 13.2 Å². The molecule has 0 amide bonds. The molecule has 2 aromatic rings. The first kappa shape index (κ1) is 12.9. The molecule has 0 aliphatic rings. The van der Waals surface area contributed by atoms with Crippen molar-refractivity contribution in [2.75, 3.05) is 11.9 Å². The minimum atomic E-state index is -0.923. The van der Waals surface area contributed by atoms with Gasteiger partial charge >= 0.3 is 0 Å². The van der Waals surface area contributed by atoms with Gasteiger partial charge in [0.15, 0.2) is 11.6 Å². The summed E-state index contributed by atoms with van der Waals surface area (Å²) in [5, 5.41) is 2.64. The number of halogens is 3. The number of rotatable bonds is 4. The highest BCUT2D eigenvalue weighted by Gasteiger charge is 2.11. The largest absolute Gasteiger partial charge is 0.380 e. The Morgan fingerprint density at radius 1 is 1.22 bits per heavy atom. The quantitative estimate of drug-likeness (QED) is 0.921. The van der Waals surface area contributed by atoms with Gasteiger partial charge in [-0.2, -0.15) is 0 Å². The molecule has 1 aromatic carbocycles. The first-order valence-electron chi connectivity index (χ1n) is 5.35. The fourth-order valence-electron chi connectivity index (χ4n) is 1.58. The van der Waals surface area contributed by atoms with Gasteiger partial charge < -0.3 is 5.32 Å². The van der Waals surface area contributed by atoms with E-state index in [1.807, 2.05) is 6.92 Å². The SMILES string of the molecule is Cc1ncsc1CCNc1c(F)cc(F)cc1F. The molecule has 2 rings (SSSR count). The molecule has 18 heavy (non-hydrogen) atoms. The second-order valence-corrected chi connectivity index (χ2v) is 4.72. The van der Waals surface area contributed by atoms with Crippen molar-refractivity contribution in [2.24, 2.45) is 0 Å². The minimum absolute atomic E-state index is 0.293. The Hall–Kier alpha value is -1.56. The number of thiazole rings is 1. The lowest BCUT2D eigenvalue weighted by atomic mass is 10.2. The maximum absolute atomic E-state index is 13.3. The van der Waals surface area contributed by atoms with E-state index in [-0.39, 0.29) is 5.69 Å². The summed E-state index contributed by atoms with van der Waals surface area (Å²) >= 11 is 1.50. The van der Waals surface area contributed by atoms with Crippen LogP contribution in [0, 0.1) is 24.4 Å². The van der Waals surface area contributed by atoms with Crippen LogP contribution in [0.4, 0.5) is 18.9 Å². The van der Waals surface area contributed by atoms with E-state index in [4.69, 9.17) is 0 Å². The summed E-state index contributed by atoms with van der Waals surface area (Å²) in [7, 11) is 0. The van der Waals surface area contributed by atoms with E-state index < -0.39 is 17.5 Å². The summed E-state index contributed by atoms with van der Waals surface area (Å²) in [6.07, 6.45) is 0.618. The Labute approximate surface area is 106 Å². The maximum atomic E-state index is 13.3. The first-order valence-corrected chi connectivity index (χ1v) is 6.23. The average Bonchev–Trinajstić information content (AvgIpc) is 2.68. The Kier molecular flexibility index (Phi) is 3.86. The Morgan fingerprint density at radius 2 is 1.89 bits per heavy atom. The zero-order chi connectivity index (χ0) is 13.1. The van der Waals surface area contributed by atoms with Crippen LogP contribution in [-0.2, 0) is 6.42 Å². The maximum Gasteiger partial charge on any atom is 0.152 e. The molecule has 0 unspecified atom stereocenters.